The van der Waals surface area contributed by atoms with E-state index < -0.39 is 0 Å². The molecule has 0 N–H and O–H groups in total. The Kier molecular flexibility index (Phi) is 8.61. The molecule has 0 fully saturated rings. The number of para-hydroxylation sites is 1. The summed E-state index contributed by atoms with van der Waals surface area (Å²) in [5.41, 5.74) is 13.8. The maximum atomic E-state index is 6.71. The van der Waals surface area contributed by atoms with Gasteiger partial charge in [-0.25, -0.2) is 19.9 Å². The van der Waals surface area contributed by atoms with Crippen molar-refractivity contribution in [3.05, 3.63) is 207 Å². The van der Waals surface area contributed by atoms with Gasteiger partial charge in [0.05, 0.1) is 11.4 Å². The fourth-order valence-corrected chi connectivity index (χ4v) is 9.66. The normalized spacial score (nSPS) is 11.5. The van der Waals surface area contributed by atoms with Crippen LogP contribution in [0.2, 0.25) is 0 Å². The van der Waals surface area contributed by atoms with Crippen molar-refractivity contribution in [2.24, 2.45) is 0 Å². The summed E-state index contributed by atoms with van der Waals surface area (Å²) in [6, 6.07) is 67.6. The number of rotatable bonds is 7. The Bertz CT molecular complexity index is 3600. The third-order valence-electron chi connectivity index (χ3n) is 11.7. The monoisotopic (exact) mass is 810 g/mol. The van der Waals surface area contributed by atoms with Crippen molar-refractivity contribution in [3.63, 3.8) is 0 Å². The fourth-order valence-electron chi connectivity index (χ4n) is 8.52. The second-order valence-electron chi connectivity index (χ2n) is 15.4. The van der Waals surface area contributed by atoms with E-state index in [9.17, 15) is 0 Å². The van der Waals surface area contributed by atoms with Gasteiger partial charge in [0, 0.05) is 76.7 Å². The van der Waals surface area contributed by atoms with E-state index in [1.54, 1.807) is 0 Å². The highest BCUT2D eigenvalue weighted by Gasteiger charge is 2.19. The van der Waals surface area contributed by atoms with Gasteiger partial charge in [0.2, 0.25) is 0 Å². The van der Waals surface area contributed by atoms with Gasteiger partial charge in [0.15, 0.2) is 11.6 Å². The Labute approximate surface area is 361 Å². The van der Waals surface area contributed by atoms with Crippen molar-refractivity contribution in [1.29, 1.82) is 0 Å². The first-order chi connectivity index (χ1) is 30.7. The molecule has 290 valence electrons. The Balaban J connectivity index is 0.904. The van der Waals surface area contributed by atoms with E-state index in [0.717, 1.165) is 83.4 Å². The highest BCUT2D eigenvalue weighted by molar-refractivity contribution is 7.25. The first-order valence-corrected chi connectivity index (χ1v) is 21.4. The number of nitrogens with zero attached hydrogens (tertiary/aromatic N) is 4. The standard InChI is InChI=1S/C56H34N4OS/c1-3-11-35(12-4-1)42-33-57-55(58-34-42)39-23-25-40(26-24-39)56-59-48(37-13-5-2-6-14-37)32-49(60-56)38-21-19-36(20-22-38)44-30-29-43(53-47-16-7-9-17-50(47)61-54(44)53)41-27-28-46-45-15-8-10-18-51(45)62-52(46)31-41/h1-34H. The summed E-state index contributed by atoms with van der Waals surface area (Å²) in [6.07, 6.45) is 3.75. The van der Waals surface area contributed by atoms with E-state index in [1.165, 1.54) is 25.7 Å². The van der Waals surface area contributed by atoms with Crippen LogP contribution in [0.25, 0.3) is 121 Å². The summed E-state index contributed by atoms with van der Waals surface area (Å²) in [4.78, 5) is 19.6. The number of benzene rings is 8. The molecule has 0 bridgehead atoms. The molecule has 0 aliphatic rings. The molecule has 0 spiro atoms. The minimum Gasteiger partial charge on any atom is -0.455 e. The van der Waals surface area contributed by atoms with Crippen molar-refractivity contribution in [2.45, 2.75) is 0 Å². The van der Waals surface area contributed by atoms with Gasteiger partial charge in [-0.1, -0.05) is 164 Å². The highest BCUT2D eigenvalue weighted by atomic mass is 32.1. The average molecular weight is 811 g/mol. The molecule has 0 amide bonds. The number of hydrogen-bond donors (Lipinski definition) is 0. The molecule has 6 heteroatoms. The molecule has 0 aliphatic carbocycles. The van der Waals surface area contributed by atoms with Crippen LogP contribution in [0.3, 0.4) is 0 Å². The Morgan fingerprint density at radius 1 is 0.355 bits per heavy atom. The molecule has 5 nitrogen and oxygen atoms in total. The highest BCUT2D eigenvalue weighted by Crippen LogP contribution is 2.44. The van der Waals surface area contributed by atoms with Crippen molar-refractivity contribution in [1.82, 2.24) is 19.9 Å². The lowest BCUT2D eigenvalue weighted by Crippen LogP contribution is -1.96. The second kappa shape index (κ2) is 14.9. The summed E-state index contributed by atoms with van der Waals surface area (Å²) in [5.74, 6) is 1.31. The van der Waals surface area contributed by atoms with E-state index in [-0.39, 0.29) is 0 Å². The second-order valence-corrected chi connectivity index (χ2v) is 16.5. The van der Waals surface area contributed by atoms with Crippen LogP contribution in [0.1, 0.15) is 0 Å². The van der Waals surface area contributed by atoms with Gasteiger partial charge in [-0.05, 0) is 52.6 Å². The average Bonchev–Trinajstić information content (AvgIpc) is 3.93. The van der Waals surface area contributed by atoms with E-state index >= 15 is 0 Å². The molecule has 0 saturated carbocycles. The molecule has 62 heavy (non-hydrogen) atoms. The largest absolute Gasteiger partial charge is 0.455 e. The number of hydrogen-bond acceptors (Lipinski definition) is 6. The van der Waals surface area contributed by atoms with Gasteiger partial charge < -0.3 is 4.42 Å². The van der Waals surface area contributed by atoms with E-state index in [0.29, 0.717) is 11.6 Å². The summed E-state index contributed by atoms with van der Waals surface area (Å²) in [7, 11) is 0. The SMILES string of the molecule is c1ccc(-c2cnc(-c3ccc(-c4nc(-c5ccccc5)cc(-c5ccc(-c6ccc(-c7ccc8c(c7)sc7ccccc78)c7c6oc6ccccc67)cc5)n4)cc3)nc2)cc1. The lowest BCUT2D eigenvalue weighted by molar-refractivity contribution is 0.670. The van der Waals surface area contributed by atoms with Gasteiger partial charge in [-0.15, -0.1) is 11.3 Å². The van der Waals surface area contributed by atoms with E-state index in [2.05, 4.69) is 137 Å². The predicted octanol–water partition coefficient (Wildman–Crippen LogP) is 15.2. The first kappa shape index (κ1) is 35.8. The van der Waals surface area contributed by atoms with Gasteiger partial charge in [0.25, 0.3) is 0 Å². The summed E-state index contributed by atoms with van der Waals surface area (Å²) < 4.78 is 9.30. The summed E-state index contributed by atoms with van der Waals surface area (Å²) in [5, 5.41) is 4.82. The number of aromatic nitrogens is 4. The molecule has 0 unspecified atom stereocenters. The maximum Gasteiger partial charge on any atom is 0.160 e. The zero-order valence-electron chi connectivity index (χ0n) is 33.2. The van der Waals surface area contributed by atoms with Crippen molar-refractivity contribution < 1.29 is 4.42 Å². The smallest absolute Gasteiger partial charge is 0.160 e. The minimum absolute atomic E-state index is 0.644. The molecule has 0 atom stereocenters. The molecule has 0 aliphatic heterocycles. The Morgan fingerprint density at radius 3 is 1.65 bits per heavy atom. The molecule has 12 rings (SSSR count). The molecule has 12 aromatic rings. The van der Waals surface area contributed by atoms with Crippen molar-refractivity contribution in [3.8, 4) is 78.7 Å². The van der Waals surface area contributed by atoms with Crippen molar-refractivity contribution in [2.75, 3.05) is 0 Å². The molecular formula is C56H34N4OS. The van der Waals surface area contributed by atoms with Crippen molar-refractivity contribution >= 4 is 53.4 Å². The van der Waals surface area contributed by atoms with Crippen LogP contribution in [0.5, 0.6) is 0 Å². The fraction of sp³-hybridized carbons (Fsp3) is 0. The summed E-state index contributed by atoms with van der Waals surface area (Å²) in [6.45, 7) is 0. The third kappa shape index (κ3) is 6.33. The van der Waals surface area contributed by atoms with Crippen LogP contribution in [0, 0.1) is 0 Å². The molecule has 4 aromatic heterocycles. The lowest BCUT2D eigenvalue weighted by Gasteiger charge is -2.11. The van der Waals surface area contributed by atoms with Gasteiger partial charge in [0.1, 0.15) is 11.2 Å². The number of fused-ring (bicyclic) bond motifs is 6. The lowest BCUT2D eigenvalue weighted by atomic mass is 9.94. The van der Waals surface area contributed by atoms with Crippen LogP contribution < -0.4 is 0 Å². The third-order valence-corrected chi connectivity index (χ3v) is 12.8. The molecule has 0 radical (unpaired) electrons. The molecule has 0 saturated heterocycles. The van der Waals surface area contributed by atoms with E-state index in [1.807, 2.05) is 90.5 Å². The summed E-state index contributed by atoms with van der Waals surface area (Å²) >= 11 is 1.84. The zero-order valence-corrected chi connectivity index (χ0v) is 34.1. The van der Waals surface area contributed by atoms with Gasteiger partial charge in [-0.2, -0.15) is 0 Å². The van der Waals surface area contributed by atoms with Crippen LogP contribution >= 0.6 is 11.3 Å². The van der Waals surface area contributed by atoms with E-state index in [4.69, 9.17) is 14.4 Å². The predicted molar refractivity (Wildman–Crippen MR) is 256 cm³/mol. The first-order valence-electron chi connectivity index (χ1n) is 20.6. The Morgan fingerprint density at radius 2 is 0.903 bits per heavy atom. The molecular weight excluding hydrogens is 777 g/mol. The van der Waals surface area contributed by atoms with Gasteiger partial charge in [-0.3, -0.25) is 0 Å². The quantitative estimate of drug-likeness (QED) is 0.160. The molecule has 4 heterocycles. The van der Waals surface area contributed by atoms with Crippen LogP contribution in [-0.4, -0.2) is 19.9 Å². The zero-order chi connectivity index (χ0) is 41.0. The van der Waals surface area contributed by atoms with Crippen LogP contribution in [0.4, 0.5) is 0 Å². The Hall–Kier alpha value is -8.06. The van der Waals surface area contributed by atoms with Crippen LogP contribution in [-0.2, 0) is 0 Å². The maximum absolute atomic E-state index is 6.71. The number of furan rings is 1. The van der Waals surface area contributed by atoms with Gasteiger partial charge >= 0.3 is 0 Å². The number of thiophene rings is 1. The minimum atomic E-state index is 0.644. The topological polar surface area (TPSA) is 64.7 Å². The van der Waals surface area contributed by atoms with Crippen LogP contribution in [0.15, 0.2) is 211 Å². The molecule has 8 aromatic carbocycles.